The van der Waals surface area contributed by atoms with E-state index < -0.39 is 24.2 Å². The number of hydrogen-bond acceptors (Lipinski definition) is 11. The number of nitrogens with zero attached hydrogens (tertiary/aromatic N) is 3. The van der Waals surface area contributed by atoms with E-state index in [-0.39, 0.29) is 19.2 Å². The molecule has 0 saturated heterocycles. The van der Waals surface area contributed by atoms with Crippen molar-refractivity contribution in [3.63, 3.8) is 0 Å². The van der Waals surface area contributed by atoms with Gasteiger partial charge in [-0.25, -0.2) is 4.98 Å². The molecule has 2 aromatic heterocycles. The van der Waals surface area contributed by atoms with Crippen LogP contribution in [0.2, 0.25) is 0 Å². The zero-order valence-corrected chi connectivity index (χ0v) is 22.1. The summed E-state index contributed by atoms with van der Waals surface area (Å²) in [7, 11) is 3.17. The molecule has 10 nitrogen and oxygen atoms in total. The average Bonchev–Trinajstić information content (AvgIpc) is 3.47. The number of fused-ring (bicyclic) bond motifs is 1. The van der Waals surface area contributed by atoms with Gasteiger partial charge in [0.25, 0.3) is 0 Å². The number of aryl methyl sites for hydroxylation is 1. The maximum absolute atomic E-state index is 10.7. The van der Waals surface area contributed by atoms with Crippen LogP contribution in [0.1, 0.15) is 17.7 Å². The number of aliphatic hydroxyl groups is 3. The molecule has 5 rings (SSSR count). The number of rotatable bonds is 9. The van der Waals surface area contributed by atoms with Gasteiger partial charge in [-0.15, -0.1) is 11.3 Å². The average molecular weight is 539 g/mol. The van der Waals surface area contributed by atoms with Gasteiger partial charge in [0, 0.05) is 18.6 Å². The first-order valence-corrected chi connectivity index (χ1v) is 13.0. The summed E-state index contributed by atoms with van der Waals surface area (Å²) in [5.41, 5.74) is 3.01. The third-order valence-electron chi connectivity index (χ3n) is 6.71. The van der Waals surface area contributed by atoms with E-state index in [1.807, 2.05) is 43.3 Å². The van der Waals surface area contributed by atoms with Gasteiger partial charge in [-0.1, -0.05) is 12.1 Å². The first kappa shape index (κ1) is 26.1. The molecule has 200 valence electrons. The number of para-hydroxylation sites is 1. The first-order valence-electron chi connectivity index (χ1n) is 12.2. The molecule has 1 saturated carbocycles. The predicted molar refractivity (Wildman–Crippen MR) is 144 cm³/mol. The lowest BCUT2D eigenvalue weighted by molar-refractivity contribution is 0.00445. The third kappa shape index (κ3) is 5.23. The van der Waals surface area contributed by atoms with Crippen molar-refractivity contribution in [3.8, 4) is 28.1 Å². The highest BCUT2D eigenvalue weighted by atomic mass is 32.1. The lowest BCUT2D eigenvalue weighted by Crippen LogP contribution is -2.35. The summed E-state index contributed by atoms with van der Waals surface area (Å²) >= 11 is 1.52. The summed E-state index contributed by atoms with van der Waals surface area (Å²) in [5, 5.41) is 34.6. The molecule has 1 aliphatic carbocycles. The molecule has 0 spiro atoms. The SMILES string of the molecule is COc1cc(COc2nc(C)c(-c3nc4ccccc4s3)c(N[C@@H]3C[C@H](CO)[C@@H](O)[C@H]3O)n2)cc(OC)c1. The Bertz CT molecular complexity index is 1370. The van der Waals surface area contributed by atoms with Gasteiger partial charge in [-0.3, -0.25) is 0 Å². The standard InChI is InChI=1S/C27H30N4O6S/c1-14-22(26-30-19-6-4-5-7-21(19)38-26)25(29-20-10-16(12-32)23(33)24(20)34)31-27(28-14)37-13-15-8-17(35-2)11-18(9-15)36-3/h4-9,11,16,20,23-24,32-34H,10,12-13H2,1-3H3,(H,28,29,31)/t16-,20-,23-,24+/m1/s1. The Morgan fingerprint density at radius 1 is 1.00 bits per heavy atom. The van der Waals surface area contributed by atoms with Crippen LogP contribution in [-0.4, -0.2) is 69.3 Å². The van der Waals surface area contributed by atoms with Gasteiger partial charge in [0.15, 0.2) is 0 Å². The minimum Gasteiger partial charge on any atom is -0.497 e. The normalized spacial score (nSPS) is 21.0. The van der Waals surface area contributed by atoms with Crippen molar-refractivity contribution in [1.82, 2.24) is 15.0 Å². The van der Waals surface area contributed by atoms with Crippen LogP contribution in [0.4, 0.5) is 5.82 Å². The fourth-order valence-electron chi connectivity index (χ4n) is 4.67. The molecule has 4 aromatic rings. The van der Waals surface area contributed by atoms with Crippen molar-refractivity contribution in [2.45, 2.75) is 38.2 Å². The summed E-state index contributed by atoms with van der Waals surface area (Å²) in [6, 6.07) is 12.9. The second-order valence-electron chi connectivity index (χ2n) is 9.22. The monoisotopic (exact) mass is 538 g/mol. The maximum atomic E-state index is 10.7. The van der Waals surface area contributed by atoms with Crippen LogP contribution in [0.25, 0.3) is 20.8 Å². The number of anilines is 1. The van der Waals surface area contributed by atoms with E-state index >= 15 is 0 Å². The van der Waals surface area contributed by atoms with Gasteiger partial charge in [0.2, 0.25) is 0 Å². The molecule has 0 bridgehead atoms. The fourth-order valence-corrected chi connectivity index (χ4v) is 5.74. The van der Waals surface area contributed by atoms with Crippen LogP contribution in [0.15, 0.2) is 42.5 Å². The predicted octanol–water partition coefficient (Wildman–Crippen LogP) is 3.17. The van der Waals surface area contributed by atoms with Crippen molar-refractivity contribution in [2.24, 2.45) is 5.92 Å². The second-order valence-corrected chi connectivity index (χ2v) is 10.3. The summed E-state index contributed by atoms with van der Waals surface area (Å²) < 4.78 is 17.7. The molecule has 0 unspecified atom stereocenters. The van der Waals surface area contributed by atoms with E-state index in [9.17, 15) is 15.3 Å². The highest BCUT2D eigenvalue weighted by Gasteiger charge is 2.41. The van der Waals surface area contributed by atoms with Crippen molar-refractivity contribution in [3.05, 3.63) is 53.7 Å². The molecule has 0 aliphatic heterocycles. The van der Waals surface area contributed by atoms with Crippen molar-refractivity contribution in [1.29, 1.82) is 0 Å². The molecule has 2 aromatic carbocycles. The zero-order chi connectivity index (χ0) is 26.8. The molecule has 0 radical (unpaired) electrons. The maximum Gasteiger partial charge on any atom is 0.318 e. The quantitative estimate of drug-likeness (QED) is 0.251. The number of methoxy groups -OCH3 is 2. The molecule has 2 heterocycles. The van der Waals surface area contributed by atoms with E-state index in [2.05, 4.69) is 15.3 Å². The Labute approximate surface area is 223 Å². The Morgan fingerprint density at radius 3 is 2.39 bits per heavy atom. The minimum absolute atomic E-state index is 0.142. The van der Waals surface area contributed by atoms with Crippen LogP contribution in [0.3, 0.4) is 0 Å². The molecule has 0 amide bonds. The highest BCUT2D eigenvalue weighted by Crippen LogP contribution is 2.38. The number of benzene rings is 2. The number of nitrogens with one attached hydrogen (secondary N) is 1. The van der Waals surface area contributed by atoms with Crippen molar-refractivity contribution >= 4 is 27.4 Å². The lowest BCUT2D eigenvalue weighted by Gasteiger charge is -2.21. The molecular formula is C27H30N4O6S. The Kier molecular flexibility index (Phi) is 7.61. The largest absolute Gasteiger partial charge is 0.497 e. The van der Waals surface area contributed by atoms with Gasteiger partial charge in [-0.2, -0.15) is 9.97 Å². The van der Waals surface area contributed by atoms with Gasteiger partial charge in [0.1, 0.15) is 35.0 Å². The van der Waals surface area contributed by atoms with Crippen LogP contribution in [0, 0.1) is 12.8 Å². The van der Waals surface area contributed by atoms with Gasteiger partial charge < -0.3 is 34.8 Å². The van der Waals surface area contributed by atoms with Crippen LogP contribution >= 0.6 is 11.3 Å². The Morgan fingerprint density at radius 2 is 1.74 bits per heavy atom. The van der Waals surface area contributed by atoms with E-state index in [1.54, 1.807) is 20.3 Å². The highest BCUT2D eigenvalue weighted by molar-refractivity contribution is 7.21. The van der Waals surface area contributed by atoms with E-state index in [0.717, 1.165) is 20.8 Å². The lowest BCUT2D eigenvalue weighted by atomic mass is 10.1. The minimum atomic E-state index is -1.07. The summed E-state index contributed by atoms with van der Waals surface area (Å²) in [5.74, 6) is 1.28. The molecule has 4 N–H and O–H groups in total. The van der Waals surface area contributed by atoms with Gasteiger partial charge in [0.05, 0.1) is 47.8 Å². The molecule has 38 heavy (non-hydrogen) atoms. The van der Waals surface area contributed by atoms with Crippen LogP contribution in [-0.2, 0) is 6.61 Å². The smallest absolute Gasteiger partial charge is 0.318 e. The Balaban J connectivity index is 1.49. The number of ether oxygens (including phenoxy) is 3. The van der Waals surface area contributed by atoms with Crippen molar-refractivity contribution < 1.29 is 29.5 Å². The van der Waals surface area contributed by atoms with Crippen LogP contribution < -0.4 is 19.5 Å². The third-order valence-corrected chi connectivity index (χ3v) is 7.77. The molecule has 4 atom stereocenters. The van der Waals surface area contributed by atoms with Gasteiger partial charge in [-0.05, 0) is 43.2 Å². The first-order chi connectivity index (χ1) is 18.4. The topological polar surface area (TPSA) is 139 Å². The zero-order valence-electron chi connectivity index (χ0n) is 21.3. The Hall–Kier alpha value is -3.51. The van der Waals surface area contributed by atoms with E-state index in [1.165, 1.54) is 11.3 Å². The van der Waals surface area contributed by atoms with E-state index in [0.29, 0.717) is 35.0 Å². The van der Waals surface area contributed by atoms with Gasteiger partial charge >= 0.3 is 6.01 Å². The summed E-state index contributed by atoms with van der Waals surface area (Å²) in [6.45, 7) is 1.80. The molecule has 1 fully saturated rings. The molecule has 11 heteroatoms. The number of aromatic nitrogens is 3. The number of aliphatic hydroxyl groups excluding tert-OH is 3. The number of thiazole rings is 1. The fraction of sp³-hybridized carbons (Fsp3) is 0.370. The summed E-state index contributed by atoms with van der Waals surface area (Å²) in [4.78, 5) is 14.0. The molecular weight excluding hydrogens is 508 g/mol. The van der Waals surface area contributed by atoms with Crippen molar-refractivity contribution in [2.75, 3.05) is 26.1 Å². The van der Waals surface area contributed by atoms with E-state index in [4.69, 9.17) is 19.2 Å². The number of hydrogen-bond donors (Lipinski definition) is 4. The second kappa shape index (κ2) is 11.1. The summed E-state index contributed by atoms with van der Waals surface area (Å²) in [6.07, 6.45) is -1.73. The molecule has 1 aliphatic rings. The van der Waals surface area contributed by atoms with Crippen LogP contribution in [0.5, 0.6) is 17.5 Å².